The van der Waals surface area contributed by atoms with Gasteiger partial charge in [-0.25, -0.2) is 14.1 Å². The number of nitrogens with zero attached hydrogens (tertiary/aromatic N) is 1. The minimum Gasteiger partial charge on any atom is -0.230 e. The Morgan fingerprint density at radius 2 is 0.667 bits per heavy atom. The van der Waals surface area contributed by atoms with Gasteiger partial charge >= 0.3 is 11.8 Å². The summed E-state index contributed by atoms with van der Waals surface area (Å²) in [6, 6.07) is 0. The average Bonchev–Trinajstić information content (AvgIpc) is 3.00. The van der Waals surface area contributed by atoms with Gasteiger partial charge in [-0.3, -0.25) is 0 Å². The van der Waals surface area contributed by atoms with Gasteiger partial charge in [0.2, 0.25) is 0 Å². The first-order valence-corrected chi connectivity index (χ1v) is 18.7. The quantitative estimate of drug-likeness (QED) is 0.0458. The fourth-order valence-electron chi connectivity index (χ4n) is 5.68. The average molecular weight is 589 g/mol. The van der Waals surface area contributed by atoms with Gasteiger partial charge in [0, 0.05) is 0 Å². The van der Waals surface area contributed by atoms with Gasteiger partial charge in [0.05, 0.1) is 26.4 Å². The van der Waals surface area contributed by atoms with Gasteiger partial charge in [0.1, 0.15) is 0 Å². The number of quaternary nitrogens is 1. The second-order valence-electron chi connectivity index (χ2n) is 13.0. The number of amides is 2. The van der Waals surface area contributed by atoms with Crippen molar-refractivity contribution in [2.24, 2.45) is 0 Å². The van der Waals surface area contributed by atoms with Crippen LogP contribution in [0.1, 0.15) is 201 Å². The molecule has 0 radical (unpaired) electrons. The van der Waals surface area contributed by atoms with Crippen molar-refractivity contribution in [1.82, 2.24) is 0 Å². The van der Waals surface area contributed by atoms with E-state index in [9.17, 15) is 9.59 Å². The highest BCUT2D eigenvalue weighted by Crippen LogP contribution is 2.17. The van der Waals surface area contributed by atoms with Crippen molar-refractivity contribution in [3.05, 3.63) is 24.3 Å². The maximum absolute atomic E-state index is 13.0. The summed E-state index contributed by atoms with van der Waals surface area (Å²) in [5.41, 5.74) is 0. The SMILES string of the molecule is CCCCCCCC/C=C\CCCCCCCC(=O)[N+](C)(CC)C(=O)CCCCCCC/C=C\CCCCCCCC. The zero-order chi connectivity index (χ0) is 31.0. The zero-order valence-electron chi connectivity index (χ0n) is 29.1. The van der Waals surface area contributed by atoms with E-state index in [1.165, 1.54) is 141 Å². The summed E-state index contributed by atoms with van der Waals surface area (Å²) < 4.78 is -0.00715. The second-order valence-corrected chi connectivity index (χ2v) is 13.0. The fourth-order valence-corrected chi connectivity index (χ4v) is 5.68. The maximum atomic E-state index is 13.0. The van der Waals surface area contributed by atoms with Gasteiger partial charge in [-0.2, -0.15) is 0 Å². The van der Waals surface area contributed by atoms with Crippen LogP contribution in [0.3, 0.4) is 0 Å². The van der Waals surface area contributed by atoms with Gasteiger partial charge in [-0.15, -0.1) is 0 Å². The van der Waals surface area contributed by atoms with Crippen molar-refractivity contribution in [2.75, 3.05) is 13.6 Å². The lowest BCUT2D eigenvalue weighted by Crippen LogP contribution is -2.53. The standard InChI is InChI=1S/C39H74NO2/c1-5-8-10-12-14-16-18-20-22-24-26-28-30-32-34-36-38(41)40(4,7-3)39(42)37-35-33-31-29-27-25-23-21-19-17-15-13-11-9-6-2/h20-23H,5-19,24-37H2,1-4H3/q+1/b22-20-,23-21-. The smallest absolute Gasteiger partial charge is 0.230 e. The van der Waals surface area contributed by atoms with E-state index >= 15 is 0 Å². The third-order valence-corrected chi connectivity index (χ3v) is 9.04. The monoisotopic (exact) mass is 589 g/mol. The molecule has 0 aliphatic carbocycles. The van der Waals surface area contributed by atoms with Gasteiger partial charge in [0.15, 0.2) is 0 Å². The van der Waals surface area contributed by atoms with Crippen LogP contribution >= 0.6 is 0 Å². The first kappa shape index (κ1) is 40.8. The molecule has 0 atom stereocenters. The molecule has 0 aliphatic rings. The van der Waals surface area contributed by atoms with E-state index in [0.29, 0.717) is 19.4 Å². The minimum atomic E-state index is -0.00715. The number of imide groups is 1. The van der Waals surface area contributed by atoms with Crippen LogP contribution in [0.25, 0.3) is 0 Å². The van der Waals surface area contributed by atoms with Crippen molar-refractivity contribution in [2.45, 2.75) is 201 Å². The van der Waals surface area contributed by atoms with Gasteiger partial charge in [-0.1, -0.05) is 141 Å². The Balaban J connectivity index is 3.77. The molecule has 3 nitrogen and oxygen atoms in total. The molecule has 0 fully saturated rings. The molecule has 3 heteroatoms. The van der Waals surface area contributed by atoms with Crippen molar-refractivity contribution >= 4 is 11.8 Å². The van der Waals surface area contributed by atoms with E-state index in [4.69, 9.17) is 0 Å². The molecule has 0 aromatic carbocycles. The zero-order valence-corrected chi connectivity index (χ0v) is 29.1. The third kappa shape index (κ3) is 24.2. The van der Waals surface area contributed by atoms with E-state index in [-0.39, 0.29) is 16.3 Å². The summed E-state index contributed by atoms with van der Waals surface area (Å²) in [4.78, 5) is 25.9. The Kier molecular flexibility index (Phi) is 30.3. The van der Waals surface area contributed by atoms with E-state index in [0.717, 1.165) is 25.7 Å². The van der Waals surface area contributed by atoms with Crippen molar-refractivity contribution in [3.8, 4) is 0 Å². The van der Waals surface area contributed by atoms with Crippen LogP contribution in [0, 0.1) is 0 Å². The normalized spacial score (nSPS) is 12.2. The van der Waals surface area contributed by atoms with Crippen molar-refractivity contribution < 1.29 is 14.1 Å². The molecule has 0 rings (SSSR count). The maximum Gasteiger partial charge on any atom is 0.320 e. The van der Waals surface area contributed by atoms with E-state index in [1.54, 1.807) is 0 Å². The van der Waals surface area contributed by atoms with Crippen LogP contribution in [0.5, 0.6) is 0 Å². The Morgan fingerprint density at radius 3 is 0.952 bits per heavy atom. The number of hydrogen-bond donors (Lipinski definition) is 0. The van der Waals surface area contributed by atoms with Crippen LogP contribution in [-0.4, -0.2) is 29.9 Å². The molecule has 0 aromatic rings. The topological polar surface area (TPSA) is 34.1 Å². The number of unbranched alkanes of at least 4 members (excludes halogenated alkanes) is 22. The van der Waals surface area contributed by atoms with Crippen LogP contribution in [0.4, 0.5) is 0 Å². The summed E-state index contributed by atoms with van der Waals surface area (Å²) in [6.07, 6.45) is 43.2. The van der Waals surface area contributed by atoms with Crippen molar-refractivity contribution in [1.29, 1.82) is 0 Å². The van der Waals surface area contributed by atoms with E-state index in [2.05, 4.69) is 38.2 Å². The van der Waals surface area contributed by atoms with E-state index in [1.807, 2.05) is 14.0 Å². The summed E-state index contributed by atoms with van der Waals surface area (Å²) >= 11 is 0. The van der Waals surface area contributed by atoms with Crippen molar-refractivity contribution in [3.63, 3.8) is 0 Å². The highest BCUT2D eigenvalue weighted by Gasteiger charge is 2.36. The first-order valence-electron chi connectivity index (χ1n) is 18.7. The fraction of sp³-hybridized carbons (Fsp3) is 0.846. The molecule has 0 bridgehead atoms. The molecule has 0 N–H and O–H groups in total. The second kappa shape index (κ2) is 31.2. The number of rotatable bonds is 31. The van der Waals surface area contributed by atoms with Crippen LogP contribution in [0.15, 0.2) is 24.3 Å². The lowest BCUT2D eigenvalue weighted by Gasteiger charge is -2.27. The molecule has 0 heterocycles. The molecule has 2 amide bonds. The minimum absolute atomic E-state index is 0.00715. The van der Waals surface area contributed by atoms with Crippen LogP contribution in [-0.2, 0) is 9.59 Å². The molecule has 0 saturated carbocycles. The molecule has 0 aromatic heterocycles. The number of carbonyl (C=O) groups is 2. The molecular weight excluding hydrogens is 514 g/mol. The largest absolute Gasteiger partial charge is 0.320 e. The lowest BCUT2D eigenvalue weighted by atomic mass is 10.1. The Hall–Kier alpha value is -1.22. The molecule has 0 saturated heterocycles. The number of hydrogen-bond acceptors (Lipinski definition) is 2. The molecule has 0 spiro atoms. The summed E-state index contributed by atoms with van der Waals surface area (Å²) in [5, 5.41) is 0. The molecule has 0 unspecified atom stereocenters. The van der Waals surface area contributed by atoms with Gasteiger partial charge < -0.3 is 0 Å². The third-order valence-electron chi connectivity index (χ3n) is 9.04. The van der Waals surface area contributed by atoms with E-state index < -0.39 is 0 Å². The predicted molar refractivity (Wildman–Crippen MR) is 186 cm³/mol. The van der Waals surface area contributed by atoms with Gasteiger partial charge in [-0.05, 0) is 71.1 Å². The molecule has 0 aliphatic heterocycles. The Bertz CT molecular complexity index is 613. The van der Waals surface area contributed by atoms with Crippen LogP contribution < -0.4 is 0 Å². The first-order chi connectivity index (χ1) is 20.5. The number of allylic oxidation sites excluding steroid dienone is 4. The predicted octanol–water partition coefficient (Wildman–Crippen LogP) is 12.6. The lowest BCUT2D eigenvalue weighted by molar-refractivity contribution is -0.756. The van der Waals surface area contributed by atoms with Crippen LogP contribution in [0.2, 0.25) is 0 Å². The molecular formula is C39H74NO2+. The summed E-state index contributed by atoms with van der Waals surface area (Å²) in [5.74, 6) is 0.237. The summed E-state index contributed by atoms with van der Waals surface area (Å²) in [7, 11) is 1.85. The van der Waals surface area contributed by atoms with Gasteiger partial charge in [0.25, 0.3) is 0 Å². The molecule has 246 valence electrons. The Labute approximate surface area is 264 Å². The summed E-state index contributed by atoms with van der Waals surface area (Å²) in [6.45, 7) is 7.10. The highest BCUT2D eigenvalue weighted by atomic mass is 16.2. The Morgan fingerprint density at radius 1 is 0.405 bits per heavy atom. The highest BCUT2D eigenvalue weighted by molar-refractivity contribution is 5.84. The molecule has 42 heavy (non-hydrogen) atoms. The number of carbonyl (C=O) groups excluding carboxylic acids is 2.